The average molecular weight is 271 g/mol. The third kappa shape index (κ3) is 3.43. The van der Waals surface area contributed by atoms with Crippen LogP contribution in [-0.4, -0.2) is 29.3 Å². The predicted octanol–water partition coefficient (Wildman–Crippen LogP) is 2.98. The Bertz CT molecular complexity index is 474. The lowest BCUT2D eigenvalue weighted by molar-refractivity contribution is -0.384. The van der Waals surface area contributed by atoms with Crippen LogP contribution in [0.3, 0.4) is 0 Å². The highest BCUT2D eigenvalue weighted by Gasteiger charge is 2.17. The highest BCUT2D eigenvalue weighted by atomic mass is 35.5. The molecule has 0 saturated heterocycles. The minimum Gasteiger partial charge on any atom is -0.341 e. The van der Waals surface area contributed by atoms with Gasteiger partial charge in [0.25, 0.3) is 11.6 Å². The monoisotopic (exact) mass is 270 g/mol. The lowest BCUT2D eigenvalue weighted by Crippen LogP contribution is -2.30. The smallest absolute Gasteiger partial charge is 0.287 e. The number of carbonyl (C=O) groups is 1. The fourth-order valence-electron chi connectivity index (χ4n) is 1.64. The zero-order valence-corrected chi connectivity index (χ0v) is 11.3. The molecule has 0 aliphatic rings. The zero-order valence-electron chi connectivity index (χ0n) is 10.5. The standard InChI is InChI=1S/C12H15ClN2O3/c1-8(2)7-14(3)12(16)9-4-5-11(15(17)18)10(13)6-9/h4-6,8H,7H2,1-3H3. The van der Waals surface area contributed by atoms with E-state index < -0.39 is 4.92 Å². The van der Waals surface area contributed by atoms with Gasteiger partial charge in [0.2, 0.25) is 0 Å². The molecule has 1 rings (SSSR count). The topological polar surface area (TPSA) is 63.5 Å². The first-order valence-corrected chi connectivity index (χ1v) is 5.90. The van der Waals surface area contributed by atoms with Crippen molar-refractivity contribution in [3.05, 3.63) is 38.9 Å². The van der Waals surface area contributed by atoms with E-state index in [9.17, 15) is 14.9 Å². The number of rotatable bonds is 4. The van der Waals surface area contributed by atoms with Crippen molar-refractivity contribution in [3.8, 4) is 0 Å². The Kier molecular flexibility index (Phi) is 4.67. The van der Waals surface area contributed by atoms with E-state index in [-0.39, 0.29) is 16.6 Å². The van der Waals surface area contributed by atoms with Crippen LogP contribution in [0.1, 0.15) is 24.2 Å². The molecule has 18 heavy (non-hydrogen) atoms. The van der Waals surface area contributed by atoms with Crippen LogP contribution in [0, 0.1) is 16.0 Å². The molecule has 1 amide bonds. The maximum absolute atomic E-state index is 12.0. The highest BCUT2D eigenvalue weighted by Crippen LogP contribution is 2.25. The quantitative estimate of drug-likeness (QED) is 0.624. The third-order valence-corrected chi connectivity index (χ3v) is 2.68. The fraction of sp³-hybridized carbons (Fsp3) is 0.417. The summed E-state index contributed by atoms with van der Waals surface area (Å²) < 4.78 is 0. The van der Waals surface area contributed by atoms with Crippen molar-refractivity contribution in [2.75, 3.05) is 13.6 Å². The molecule has 5 nitrogen and oxygen atoms in total. The molecular weight excluding hydrogens is 256 g/mol. The summed E-state index contributed by atoms with van der Waals surface area (Å²) in [6, 6.07) is 4.00. The molecule has 0 saturated carbocycles. The Morgan fingerprint density at radius 1 is 1.50 bits per heavy atom. The molecule has 6 heteroatoms. The van der Waals surface area contributed by atoms with Crippen LogP contribution in [-0.2, 0) is 0 Å². The van der Waals surface area contributed by atoms with Gasteiger partial charge in [-0.15, -0.1) is 0 Å². The molecule has 0 fully saturated rings. The number of halogens is 1. The van der Waals surface area contributed by atoms with Crippen molar-refractivity contribution in [2.45, 2.75) is 13.8 Å². The number of nitro benzene ring substituents is 1. The number of hydrogen-bond donors (Lipinski definition) is 0. The van der Waals surface area contributed by atoms with E-state index in [0.29, 0.717) is 18.0 Å². The van der Waals surface area contributed by atoms with Crippen LogP contribution >= 0.6 is 11.6 Å². The van der Waals surface area contributed by atoms with Gasteiger partial charge >= 0.3 is 0 Å². The van der Waals surface area contributed by atoms with Gasteiger partial charge in [0.15, 0.2) is 0 Å². The van der Waals surface area contributed by atoms with Crippen molar-refractivity contribution in [1.29, 1.82) is 0 Å². The molecule has 0 spiro atoms. The van der Waals surface area contributed by atoms with Crippen molar-refractivity contribution < 1.29 is 9.72 Å². The first kappa shape index (κ1) is 14.4. The Balaban J connectivity index is 2.94. The van der Waals surface area contributed by atoms with Crippen LogP contribution in [0.5, 0.6) is 0 Å². The second kappa shape index (κ2) is 5.82. The SMILES string of the molecule is CC(C)CN(C)C(=O)c1ccc([N+](=O)[O-])c(Cl)c1. The van der Waals surface area contributed by atoms with Crippen LogP contribution in [0.25, 0.3) is 0 Å². The summed E-state index contributed by atoms with van der Waals surface area (Å²) in [5.41, 5.74) is 0.161. The Labute approximate surface area is 110 Å². The van der Waals surface area contributed by atoms with Gasteiger partial charge in [-0.3, -0.25) is 14.9 Å². The van der Waals surface area contributed by atoms with E-state index in [1.165, 1.54) is 18.2 Å². The third-order valence-electron chi connectivity index (χ3n) is 2.38. The minimum absolute atomic E-state index is 0.0243. The predicted molar refractivity (Wildman–Crippen MR) is 69.9 cm³/mol. The number of hydrogen-bond acceptors (Lipinski definition) is 3. The molecule has 1 aromatic carbocycles. The summed E-state index contributed by atoms with van der Waals surface area (Å²) in [7, 11) is 1.69. The Morgan fingerprint density at radius 3 is 2.56 bits per heavy atom. The number of amides is 1. The summed E-state index contributed by atoms with van der Waals surface area (Å²) in [6.07, 6.45) is 0. The molecule has 0 radical (unpaired) electrons. The fourth-order valence-corrected chi connectivity index (χ4v) is 1.89. The van der Waals surface area contributed by atoms with Gasteiger partial charge in [-0.25, -0.2) is 0 Å². The molecule has 0 N–H and O–H groups in total. The molecule has 0 aromatic heterocycles. The van der Waals surface area contributed by atoms with Crippen molar-refractivity contribution in [2.24, 2.45) is 5.92 Å². The zero-order chi connectivity index (χ0) is 13.9. The lowest BCUT2D eigenvalue weighted by atomic mass is 10.1. The van der Waals surface area contributed by atoms with E-state index in [1.807, 2.05) is 13.8 Å². The highest BCUT2D eigenvalue weighted by molar-refractivity contribution is 6.33. The maximum Gasteiger partial charge on any atom is 0.287 e. The first-order chi connectivity index (χ1) is 8.32. The second-order valence-corrected chi connectivity index (χ2v) is 4.91. The number of nitro groups is 1. The van der Waals surface area contributed by atoms with Gasteiger partial charge in [-0.05, 0) is 18.1 Å². The van der Waals surface area contributed by atoms with Gasteiger partial charge in [0.1, 0.15) is 5.02 Å². The average Bonchev–Trinajstić information content (AvgIpc) is 2.26. The van der Waals surface area contributed by atoms with Crippen LogP contribution in [0.2, 0.25) is 5.02 Å². The van der Waals surface area contributed by atoms with Crippen LogP contribution in [0.15, 0.2) is 18.2 Å². The molecule has 1 aromatic rings. The largest absolute Gasteiger partial charge is 0.341 e. The van der Waals surface area contributed by atoms with Gasteiger partial charge in [-0.1, -0.05) is 25.4 Å². The number of nitrogens with zero attached hydrogens (tertiary/aromatic N) is 2. The molecular formula is C12H15ClN2O3. The lowest BCUT2D eigenvalue weighted by Gasteiger charge is -2.19. The summed E-state index contributed by atoms with van der Waals surface area (Å²) in [5, 5.41) is 10.6. The van der Waals surface area contributed by atoms with E-state index in [2.05, 4.69) is 0 Å². The summed E-state index contributed by atoms with van der Waals surface area (Å²) in [6.45, 7) is 4.63. The summed E-state index contributed by atoms with van der Waals surface area (Å²) in [4.78, 5) is 23.6. The Hall–Kier alpha value is -1.62. The first-order valence-electron chi connectivity index (χ1n) is 5.52. The molecule has 0 atom stereocenters. The van der Waals surface area contributed by atoms with Gasteiger partial charge in [-0.2, -0.15) is 0 Å². The molecule has 0 aliphatic heterocycles. The van der Waals surface area contributed by atoms with Crippen molar-refractivity contribution in [3.63, 3.8) is 0 Å². The van der Waals surface area contributed by atoms with E-state index in [0.717, 1.165) is 0 Å². The summed E-state index contributed by atoms with van der Waals surface area (Å²) in [5.74, 6) is 0.160. The Morgan fingerprint density at radius 2 is 2.11 bits per heavy atom. The molecule has 0 bridgehead atoms. The minimum atomic E-state index is -0.575. The number of carbonyl (C=O) groups excluding carboxylic acids is 1. The van der Waals surface area contributed by atoms with Gasteiger partial charge in [0, 0.05) is 25.2 Å². The van der Waals surface area contributed by atoms with Crippen LogP contribution in [0.4, 0.5) is 5.69 Å². The summed E-state index contributed by atoms with van der Waals surface area (Å²) >= 11 is 5.77. The molecule has 0 unspecified atom stereocenters. The number of benzene rings is 1. The van der Waals surface area contributed by atoms with E-state index in [1.54, 1.807) is 11.9 Å². The van der Waals surface area contributed by atoms with Crippen molar-refractivity contribution in [1.82, 2.24) is 4.90 Å². The molecule has 0 aliphatic carbocycles. The molecule has 0 heterocycles. The van der Waals surface area contributed by atoms with E-state index in [4.69, 9.17) is 11.6 Å². The second-order valence-electron chi connectivity index (χ2n) is 4.50. The normalized spacial score (nSPS) is 10.5. The molecule has 98 valence electrons. The van der Waals surface area contributed by atoms with E-state index >= 15 is 0 Å². The van der Waals surface area contributed by atoms with Crippen LogP contribution < -0.4 is 0 Å². The van der Waals surface area contributed by atoms with Gasteiger partial charge < -0.3 is 4.90 Å². The van der Waals surface area contributed by atoms with Gasteiger partial charge in [0.05, 0.1) is 4.92 Å². The van der Waals surface area contributed by atoms with Crippen molar-refractivity contribution >= 4 is 23.2 Å². The maximum atomic E-state index is 12.0.